The van der Waals surface area contributed by atoms with Crippen LogP contribution in [0.4, 0.5) is 18.9 Å². The molecule has 1 N–H and O–H groups in total. The van der Waals surface area contributed by atoms with Crippen molar-refractivity contribution < 1.29 is 18.0 Å². The van der Waals surface area contributed by atoms with Gasteiger partial charge in [-0.25, -0.2) is 9.36 Å². The highest BCUT2D eigenvalue weighted by Crippen LogP contribution is 2.34. The van der Waals surface area contributed by atoms with Gasteiger partial charge in [-0.3, -0.25) is 9.59 Å². The standard InChI is InChI=1S/C23H20F3N5O2/c1-13-8-9-19(14(2)10-13)31-21-16(11-27-31)15(3)29-30(22(21)33)12-20(32)28-18-7-5-4-6-17(18)23(24,25)26/h4-11H,12H2,1-3H3,(H,28,32). The Morgan fingerprint density at radius 2 is 1.82 bits per heavy atom. The van der Waals surface area contributed by atoms with Gasteiger partial charge in [0.2, 0.25) is 5.91 Å². The normalized spacial score (nSPS) is 11.7. The van der Waals surface area contributed by atoms with Crippen LogP contribution in [0.2, 0.25) is 0 Å². The zero-order valence-corrected chi connectivity index (χ0v) is 18.1. The summed E-state index contributed by atoms with van der Waals surface area (Å²) < 4.78 is 42.1. The van der Waals surface area contributed by atoms with Gasteiger partial charge < -0.3 is 5.32 Å². The summed E-state index contributed by atoms with van der Waals surface area (Å²) >= 11 is 0. The minimum Gasteiger partial charge on any atom is -0.324 e. The van der Waals surface area contributed by atoms with E-state index in [1.165, 1.54) is 23.0 Å². The summed E-state index contributed by atoms with van der Waals surface area (Å²) in [6.07, 6.45) is -3.10. The Kier molecular flexibility index (Phi) is 5.52. The average Bonchev–Trinajstić information content (AvgIpc) is 3.17. The number of para-hydroxylation sites is 1. The van der Waals surface area contributed by atoms with Crippen LogP contribution in [0.5, 0.6) is 0 Å². The van der Waals surface area contributed by atoms with Crippen LogP contribution in [-0.2, 0) is 17.5 Å². The molecule has 1 amide bonds. The van der Waals surface area contributed by atoms with E-state index in [1.807, 2.05) is 32.0 Å². The van der Waals surface area contributed by atoms with E-state index in [0.717, 1.165) is 27.9 Å². The van der Waals surface area contributed by atoms with Gasteiger partial charge in [0, 0.05) is 5.39 Å². The van der Waals surface area contributed by atoms with Crippen LogP contribution >= 0.6 is 0 Å². The monoisotopic (exact) mass is 455 g/mol. The van der Waals surface area contributed by atoms with E-state index < -0.39 is 29.8 Å². The maximum absolute atomic E-state index is 13.2. The summed E-state index contributed by atoms with van der Waals surface area (Å²) in [5, 5.41) is 11.3. The molecule has 10 heteroatoms. The molecule has 7 nitrogen and oxygen atoms in total. The molecule has 0 saturated heterocycles. The molecule has 170 valence electrons. The van der Waals surface area contributed by atoms with Crippen molar-refractivity contribution in [3.05, 3.63) is 81.4 Å². The maximum Gasteiger partial charge on any atom is 0.418 e. The number of anilines is 1. The zero-order valence-electron chi connectivity index (χ0n) is 18.1. The number of hydrogen-bond donors (Lipinski definition) is 1. The lowest BCUT2D eigenvalue weighted by atomic mass is 10.1. The molecule has 2 aromatic carbocycles. The second kappa shape index (κ2) is 8.19. The van der Waals surface area contributed by atoms with Gasteiger partial charge in [-0.1, -0.05) is 29.8 Å². The molecule has 33 heavy (non-hydrogen) atoms. The number of carbonyl (C=O) groups excluding carboxylic acids is 1. The number of nitrogens with one attached hydrogen (secondary N) is 1. The van der Waals surface area contributed by atoms with Crippen molar-refractivity contribution in [3.63, 3.8) is 0 Å². The Morgan fingerprint density at radius 1 is 1.09 bits per heavy atom. The number of amides is 1. The zero-order chi connectivity index (χ0) is 23.9. The van der Waals surface area contributed by atoms with Crippen molar-refractivity contribution in [1.82, 2.24) is 19.6 Å². The molecule has 4 aromatic rings. The highest BCUT2D eigenvalue weighted by molar-refractivity contribution is 5.91. The van der Waals surface area contributed by atoms with Crippen molar-refractivity contribution in [3.8, 4) is 5.69 Å². The van der Waals surface area contributed by atoms with Crippen LogP contribution in [0, 0.1) is 20.8 Å². The van der Waals surface area contributed by atoms with Gasteiger partial charge in [0.25, 0.3) is 5.56 Å². The SMILES string of the molecule is Cc1ccc(-n2ncc3c(C)nn(CC(=O)Nc4ccccc4C(F)(F)F)c(=O)c32)c(C)c1. The molecule has 0 aliphatic carbocycles. The lowest BCUT2D eigenvalue weighted by molar-refractivity contribution is -0.137. The van der Waals surface area contributed by atoms with E-state index in [4.69, 9.17) is 0 Å². The number of alkyl halides is 3. The number of carbonyl (C=O) groups is 1. The first kappa shape index (κ1) is 22.3. The second-order valence-corrected chi connectivity index (χ2v) is 7.75. The largest absolute Gasteiger partial charge is 0.418 e. The molecule has 0 saturated carbocycles. The fraction of sp³-hybridized carbons (Fsp3) is 0.217. The van der Waals surface area contributed by atoms with Crippen molar-refractivity contribution in [2.75, 3.05) is 5.32 Å². The van der Waals surface area contributed by atoms with Gasteiger partial charge in [0.1, 0.15) is 12.1 Å². The fourth-order valence-corrected chi connectivity index (χ4v) is 3.72. The van der Waals surface area contributed by atoms with Crippen molar-refractivity contribution in [2.24, 2.45) is 0 Å². The third-order valence-electron chi connectivity index (χ3n) is 5.25. The van der Waals surface area contributed by atoms with Crippen LogP contribution in [0.25, 0.3) is 16.6 Å². The molecule has 0 aliphatic rings. The minimum atomic E-state index is -4.63. The Bertz CT molecular complexity index is 1440. The van der Waals surface area contributed by atoms with Crippen LogP contribution in [0.1, 0.15) is 22.4 Å². The number of benzene rings is 2. The molecular formula is C23H20F3N5O2. The molecule has 0 unspecified atom stereocenters. The topological polar surface area (TPSA) is 81.8 Å². The minimum absolute atomic E-state index is 0.234. The number of nitrogens with zero attached hydrogens (tertiary/aromatic N) is 4. The lowest BCUT2D eigenvalue weighted by Gasteiger charge is -2.14. The lowest BCUT2D eigenvalue weighted by Crippen LogP contribution is -2.31. The van der Waals surface area contributed by atoms with E-state index in [9.17, 15) is 22.8 Å². The summed E-state index contributed by atoms with van der Waals surface area (Å²) in [6.45, 7) is 4.96. The summed E-state index contributed by atoms with van der Waals surface area (Å²) in [4.78, 5) is 25.8. The van der Waals surface area contributed by atoms with Gasteiger partial charge in [0.05, 0.1) is 28.8 Å². The number of halogens is 3. The highest BCUT2D eigenvalue weighted by Gasteiger charge is 2.33. The van der Waals surface area contributed by atoms with Gasteiger partial charge in [-0.15, -0.1) is 0 Å². The highest BCUT2D eigenvalue weighted by atomic mass is 19.4. The summed E-state index contributed by atoms with van der Waals surface area (Å²) in [5.41, 5.74) is 1.42. The summed E-state index contributed by atoms with van der Waals surface area (Å²) in [7, 11) is 0. The van der Waals surface area contributed by atoms with Crippen molar-refractivity contribution >= 4 is 22.5 Å². The average molecular weight is 455 g/mol. The van der Waals surface area contributed by atoms with Gasteiger partial charge in [-0.05, 0) is 44.5 Å². The van der Waals surface area contributed by atoms with E-state index in [1.54, 1.807) is 6.92 Å². The molecule has 0 fully saturated rings. The molecular weight excluding hydrogens is 435 g/mol. The summed E-state index contributed by atoms with van der Waals surface area (Å²) in [6, 6.07) is 10.3. The second-order valence-electron chi connectivity index (χ2n) is 7.75. The van der Waals surface area contributed by atoms with Crippen LogP contribution < -0.4 is 10.9 Å². The third kappa shape index (κ3) is 4.23. The maximum atomic E-state index is 13.2. The molecule has 2 heterocycles. The first-order valence-corrected chi connectivity index (χ1v) is 10.1. The molecule has 0 radical (unpaired) electrons. The third-order valence-corrected chi connectivity index (χ3v) is 5.25. The van der Waals surface area contributed by atoms with E-state index >= 15 is 0 Å². The predicted octanol–water partition coefficient (Wildman–Crippen LogP) is 4.16. The van der Waals surface area contributed by atoms with Gasteiger partial charge in [-0.2, -0.15) is 23.4 Å². The van der Waals surface area contributed by atoms with E-state index in [-0.39, 0.29) is 11.2 Å². The Balaban J connectivity index is 1.72. The number of fused-ring (bicyclic) bond motifs is 1. The molecule has 0 atom stereocenters. The number of hydrogen-bond acceptors (Lipinski definition) is 4. The quantitative estimate of drug-likeness (QED) is 0.501. The smallest absolute Gasteiger partial charge is 0.324 e. The molecule has 0 bridgehead atoms. The fourth-order valence-electron chi connectivity index (χ4n) is 3.72. The Labute approximate surface area is 186 Å². The van der Waals surface area contributed by atoms with Crippen LogP contribution in [0.15, 0.2) is 53.5 Å². The van der Waals surface area contributed by atoms with E-state index in [2.05, 4.69) is 15.5 Å². The summed E-state index contributed by atoms with van der Waals surface area (Å²) in [5.74, 6) is -0.808. The van der Waals surface area contributed by atoms with E-state index in [0.29, 0.717) is 16.8 Å². The predicted molar refractivity (Wildman–Crippen MR) is 117 cm³/mol. The molecule has 2 aromatic heterocycles. The first-order chi connectivity index (χ1) is 15.6. The number of aryl methyl sites for hydroxylation is 3. The van der Waals surface area contributed by atoms with Crippen molar-refractivity contribution in [1.29, 1.82) is 0 Å². The Hall–Kier alpha value is -3.95. The van der Waals surface area contributed by atoms with Crippen molar-refractivity contribution in [2.45, 2.75) is 33.5 Å². The van der Waals surface area contributed by atoms with Gasteiger partial charge >= 0.3 is 6.18 Å². The van der Waals surface area contributed by atoms with Crippen LogP contribution in [0.3, 0.4) is 0 Å². The number of rotatable bonds is 4. The van der Waals surface area contributed by atoms with Gasteiger partial charge in [0.15, 0.2) is 0 Å². The Morgan fingerprint density at radius 3 is 2.52 bits per heavy atom. The first-order valence-electron chi connectivity index (χ1n) is 10.1. The number of aromatic nitrogens is 4. The molecule has 4 rings (SSSR count). The molecule has 0 spiro atoms. The molecule has 0 aliphatic heterocycles. The van der Waals surface area contributed by atoms with Crippen LogP contribution in [-0.4, -0.2) is 25.5 Å².